The molecule has 1 unspecified atom stereocenters. The number of aliphatic imine (C=N–C) groups is 1. The summed E-state index contributed by atoms with van der Waals surface area (Å²) in [5, 5.41) is 10.1. The zero-order valence-corrected chi connectivity index (χ0v) is 20.3. The SMILES string of the molecule is CN=C(NCc1nc(C(C)(C)C)cs1)NCC(c1ccco1)N1CCCC1.I. The van der Waals surface area contributed by atoms with Crippen LogP contribution in [0.3, 0.4) is 0 Å². The average Bonchev–Trinajstić information content (AvgIpc) is 3.40. The van der Waals surface area contributed by atoms with Crippen LogP contribution in [0.25, 0.3) is 0 Å². The molecule has 6 nitrogen and oxygen atoms in total. The molecule has 1 atom stereocenters. The maximum Gasteiger partial charge on any atom is 0.191 e. The number of nitrogens with one attached hydrogen (secondary N) is 2. The predicted octanol–water partition coefficient (Wildman–Crippen LogP) is 4.15. The molecule has 0 aromatic carbocycles. The van der Waals surface area contributed by atoms with Crippen LogP contribution in [-0.2, 0) is 12.0 Å². The van der Waals surface area contributed by atoms with Gasteiger partial charge in [0.1, 0.15) is 10.8 Å². The highest BCUT2D eigenvalue weighted by atomic mass is 127. The van der Waals surface area contributed by atoms with Gasteiger partial charge in [0, 0.05) is 24.4 Å². The maximum absolute atomic E-state index is 5.69. The molecular formula is C20H32IN5OS. The summed E-state index contributed by atoms with van der Waals surface area (Å²) >= 11 is 1.69. The molecule has 0 radical (unpaired) electrons. The second-order valence-electron chi connectivity index (χ2n) is 7.96. The summed E-state index contributed by atoms with van der Waals surface area (Å²) in [4.78, 5) is 11.6. The van der Waals surface area contributed by atoms with Gasteiger partial charge >= 0.3 is 0 Å². The normalized spacial score (nSPS) is 16.6. The Morgan fingerprint density at radius 3 is 2.64 bits per heavy atom. The summed E-state index contributed by atoms with van der Waals surface area (Å²) in [5.74, 6) is 1.80. The molecule has 1 fully saturated rings. The number of rotatable bonds is 6. The van der Waals surface area contributed by atoms with E-state index < -0.39 is 0 Å². The van der Waals surface area contributed by atoms with Crippen molar-refractivity contribution in [2.75, 3.05) is 26.7 Å². The molecule has 156 valence electrons. The van der Waals surface area contributed by atoms with Crippen molar-refractivity contribution < 1.29 is 4.42 Å². The summed E-state index contributed by atoms with van der Waals surface area (Å²) in [6.45, 7) is 10.2. The van der Waals surface area contributed by atoms with Crippen molar-refractivity contribution in [2.45, 2.75) is 51.6 Å². The van der Waals surface area contributed by atoms with Crippen molar-refractivity contribution in [1.82, 2.24) is 20.5 Å². The third kappa shape index (κ3) is 6.18. The van der Waals surface area contributed by atoms with Crippen LogP contribution in [0.15, 0.2) is 33.2 Å². The van der Waals surface area contributed by atoms with Crippen LogP contribution in [0.1, 0.15) is 56.1 Å². The second kappa shape index (κ2) is 10.6. The van der Waals surface area contributed by atoms with Gasteiger partial charge in [-0.25, -0.2) is 4.98 Å². The van der Waals surface area contributed by atoms with E-state index in [1.54, 1.807) is 24.6 Å². The van der Waals surface area contributed by atoms with E-state index in [0.717, 1.165) is 42.1 Å². The molecule has 3 heterocycles. The van der Waals surface area contributed by atoms with Gasteiger partial charge in [-0.2, -0.15) is 0 Å². The van der Waals surface area contributed by atoms with Gasteiger partial charge in [-0.05, 0) is 38.1 Å². The zero-order valence-electron chi connectivity index (χ0n) is 17.2. The Bertz CT molecular complexity index is 732. The lowest BCUT2D eigenvalue weighted by atomic mass is 9.93. The van der Waals surface area contributed by atoms with Gasteiger partial charge in [0.25, 0.3) is 0 Å². The average molecular weight is 517 g/mol. The molecule has 0 bridgehead atoms. The predicted molar refractivity (Wildman–Crippen MR) is 127 cm³/mol. The Labute approximate surface area is 189 Å². The number of guanidine groups is 1. The first-order valence-corrected chi connectivity index (χ1v) is 10.5. The Balaban J connectivity index is 0.00000280. The number of furan rings is 1. The van der Waals surface area contributed by atoms with Gasteiger partial charge < -0.3 is 15.1 Å². The lowest BCUT2D eigenvalue weighted by Crippen LogP contribution is -2.42. The van der Waals surface area contributed by atoms with Crippen LogP contribution in [0.5, 0.6) is 0 Å². The van der Waals surface area contributed by atoms with Gasteiger partial charge in [-0.3, -0.25) is 9.89 Å². The van der Waals surface area contributed by atoms with Crippen LogP contribution in [0, 0.1) is 0 Å². The van der Waals surface area contributed by atoms with E-state index in [1.807, 2.05) is 6.07 Å². The summed E-state index contributed by atoms with van der Waals surface area (Å²) in [6.07, 6.45) is 4.26. The van der Waals surface area contributed by atoms with Gasteiger partial charge in [-0.1, -0.05) is 20.8 Å². The van der Waals surface area contributed by atoms with E-state index >= 15 is 0 Å². The van der Waals surface area contributed by atoms with Crippen molar-refractivity contribution in [3.63, 3.8) is 0 Å². The molecule has 1 aliphatic heterocycles. The number of thiazole rings is 1. The first-order chi connectivity index (χ1) is 13.0. The Morgan fingerprint density at radius 2 is 2.07 bits per heavy atom. The minimum absolute atomic E-state index is 0. The lowest BCUT2D eigenvalue weighted by molar-refractivity contribution is 0.215. The van der Waals surface area contributed by atoms with E-state index in [-0.39, 0.29) is 35.4 Å². The molecule has 0 amide bonds. The lowest BCUT2D eigenvalue weighted by Gasteiger charge is -2.26. The molecule has 1 saturated heterocycles. The standard InChI is InChI=1S/C20H31N5OS.HI/c1-20(2,3)17-14-27-18(24-17)13-23-19(21-4)22-12-15(16-8-7-11-26-16)25-9-5-6-10-25;/h7-8,11,14-15H,5-6,9-10,12-13H2,1-4H3,(H2,21,22,23);1H. The fourth-order valence-electron chi connectivity index (χ4n) is 3.25. The number of halogens is 1. The first-order valence-electron chi connectivity index (χ1n) is 9.64. The molecule has 2 aromatic heterocycles. The third-order valence-corrected chi connectivity index (χ3v) is 5.72. The zero-order chi connectivity index (χ0) is 19.3. The molecule has 0 spiro atoms. The van der Waals surface area contributed by atoms with Gasteiger partial charge in [0.2, 0.25) is 0 Å². The van der Waals surface area contributed by atoms with Gasteiger partial charge in [0.15, 0.2) is 5.96 Å². The number of nitrogens with zero attached hydrogens (tertiary/aromatic N) is 3. The van der Waals surface area contributed by atoms with Crippen LogP contribution in [0.2, 0.25) is 0 Å². The quantitative estimate of drug-likeness (QED) is 0.343. The molecule has 1 aliphatic rings. The molecule has 2 aromatic rings. The van der Waals surface area contributed by atoms with Crippen molar-refractivity contribution in [1.29, 1.82) is 0 Å². The first kappa shape index (κ1) is 23.2. The molecule has 2 N–H and O–H groups in total. The summed E-state index contributed by atoms with van der Waals surface area (Å²) in [7, 11) is 1.80. The monoisotopic (exact) mass is 517 g/mol. The summed E-state index contributed by atoms with van der Waals surface area (Å²) in [6, 6.07) is 4.25. The van der Waals surface area contributed by atoms with Gasteiger partial charge in [-0.15, -0.1) is 35.3 Å². The molecule has 8 heteroatoms. The minimum atomic E-state index is 0. The van der Waals surface area contributed by atoms with Crippen molar-refractivity contribution in [2.24, 2.45) is 4.99 Å². The van der Waals surface area contributed by atoms with Crippen LogP contribution >= 0.6 is 35.3 Å². The van der Waals surface area contributed by atoms with Crippen molar-refractivity contribution >= 4 is 41.3 Å². The van der Waals surface area contributed by atoms with Crippen LogP contribution in [0.4, 0.5) is 0 Å². The number of hydrogen-bond acceptors (Lipinski definition) is 5. The van der Waals surface area contributed by atoms with Crippen molar-refractivity contribution in [3.8, 4) is 0 Å². The Morgan fingerprint density at radius 1 is 1.32 bits per heavy atom. The largest absolute Gasteiger partial charge is 0.468 e. The summed E-state index contributed by atoms with van der Waals surface area (Å²) in [5.41, 5.74) is 1.22. The fourth-order valence-corrected chi connectivity index (χ4v) is 4.21. The molecule has 0 aliphatic carbocycles. The topological polar surface area (TPSA) is 65.7 Å². The van der Waals surface area contributed by atoms with E-state index in [4.69, 9.17) is 9.40 Å². The highest BCUT2D eigenvalue weighted by Gasteiger charge is 2.25. The molecule has 3 rings (SSSR count). The van der Waals surface area contributed by atoms with Crippen molar-refractivity contribution in [3.05, 3.63) is 40.2 Å². The third-order valence-electron chi connectivity index (χ3n) is 4.87. The number of aromatic nitrogens is 1. The van der Waals surface area contributed by atoms with E-state index in [9.17, 15) is 0 Å². The summed E-state index contributed by atoms with van der Waals surface area (Å²) < 4.78 is 5.69. The van der Waals surface area contributed by atoms with E-state index in [2.05, 4.69) is 52.7 Å². The number of likely N-dealkylation sites (tertiary alicyclic amines) is 1. The smallest absolute Gasteiger partial charge is 0.191 e. The number of hydrogen-bond donors (Lipinski definition) is 2. The Kier molecular flexibility index (Phi) is 8.76. The highest BCUT2D eigenvalue weighted by Crippen LogP contribution is 2.25. The second-order valence-corrected chi connectivity index (χ2v) is 8.90. The maximum atomic E-state index is 5.69. The van der Waals surface area contributed by atoms with E-state index in [1.165, 1.54) is 12.8 Å². The van der Waals surface area contributed by atoms with E-state index in [0.29, 0.717) is 6.54 Å². The van der Waals surface area contributed by atoms with Crippen LogP contribution < -0.4 is 10.6 Å². The van der Waals surface area contributed by atoms with Gasteiger partial charge in [0.05, 0.1) is 24.5 Å². The molecular weight excluding hydrogens is 485 g/mol. The minimum Gasteiger partial charge on any atom is -0.468 e. The highest BCUT2D eigenvalue weighted by molar-refractivity contribution is 14.0. The fraction of sp³-hybridized carbons (Fsp3) is 0.600. The Hall–Kier alpha value is -1.13. The van der Waals surface area contributed by atoms with Crippen LogP contribution in [-0.4, -0.2) is 42.5 Å². The molecule has 0 saturated carbocycles. The molecule has 28 heavy (non-hydrogen) atoms.